The molecule has 1 amide bonds. The van der Waals surface area contributed by atoms with Crippen LogP contribution in [0.15, 0.2) is 18.2 Å². The highest BCUT2D eigenvalue weighted by molar-refractivity contribution is 6.35. The zero-order valence-corrected chi connectivity index (χ0v) is 13.7. The van der Waals surface area contributed by atoms with Gasteiger partial charge in [-0.2, -0.15) is 0 Å². The van der Waals surface area contributed by atoms with Gasteiger partial charge in [0, 0.05) is 30.6 Å². The van der Waals surface area contributed by atoms with E-state index in [0.29, 0.717) is 28.2 Å². The van der Waals surface area contributed by atoms with Crippen molar-refractivity contribution in [3.63, 3.8) is 0 Å². The van der Waals surface area contributed by atoms with E-state index < -0.39 is 0 Å². The Bertz CT molecular complexity index is 490. The molecule has 4 nitrogen and oxygen atoms in total. The van der Waals surface area contributed by atoms with Crippen LogP contribution < -0.4 is 10.6 Å². The van der Waals surface area contributed by atoms with Gasteiger partial charge in [-0.15, -0.1) is 0 Å². The Balaban J connectivity index is 1.75. The summed E-state index contributed by atoms with van der Waals surface area (Å²) >= 11 is 11.9. The topological polar surface area (TPSA) is 44.4 Å². The minimum atomic E-state index is -0.0506. The molecule has 2 N–H and O–H groups in total. The fourth-order valence-electron chi connectivity index (χ4n) is 2.48. The van der Waals surface area contributed by atoms with Crippen LogP contribution in [0.3, 0.4) is 0 Å². The van der Waals surface area contributed by atoms with Crippen molar-refractivity contribution in [2.75, 3.05) is 32.0 Å². The predicted octanol–water partition coefficient (Wildman–Crippen LogP) is 3.01. The summed E-state index contributed by atoms with van der Waals surface area (Å²) in [5.74, 6) is -0.0506. The molecular formula is C15H21Cl2N3O. The van der Waals surface area contributed by atoms with E-state index in [0.717, 1.165) is 19.6 Å². The molecule has 1 aliphatic rings. The summed E-state index contributed by atoms with van der Waals surface area (Å²) in [5.41, 5.74) is 0.564. The Morgan fingerprint density at radius 1 is 1.48 bits per heavy atom. The zero-order chi connectivity index (χ0) is 15.2. The summed E-state index contributed by atoms with van der Waals surface area (Å²) in [6.45, 7) is 2.81. The van der Waals surface area contributed by atoms with Gasteiger partial charge in [0.1, 0.15) is 0 Å². The molecule has 0 bridgehead atoms. The summed E-state index contributed by atoms with van der Waals surface area (Å²) in [5, 5.41) is 7.31. The highest BCUT2D eigenvalue weighted by Crippen LogP contribution is 2.25. The van der Waals surface area contributed by atoms with Crippen molar-refractivity contribution in [3.8, 4) is 0 Å². The van der Waals surface area contributed by atoms with E-state index in [4.69, 9.17) is 23.2 Å². The van der Waals surface area contributed by atoms with Gasteiger partial charge in [0.25, 0.3) is 0 Å². The number of carbonyl (C=O) groups excluding carboxylic acids is 1. The molecule has 0 aromatic heterocycles. The molecule has 116 valence electrons. The number of nitrogens with one attached hydrogen (secondary N) is 2. The van der Waals surface area contributed by atoms with Crippen LogP contribution in [0.2, 0.25) is 10.0 Å². The summed E-state index contributed by atoms with van der Waals surface area (Å²) in [6.07, 6.45) is 2.90. The monoisotopic (exact) mass is 329 g/mol. The van der Waals surface area contributed by atoms with Gasteiger partial charge in [-0.3, -0.25) is 4.79 Å². The summed E-state index contributed by atoms with van der Waals surface area (Å²) < 4.78 is 0. The molecule has 0 spiro atoms. The van der Waals surface area contributed by atoms with Crippen LogP contribution in [-0.4, -0.2) is 43.5 Å². The molecule has 1 atom stereocenters. The molecule has 1 heterocycles. The van der Waals surface area contributed by atoms with Gasteiger partial charge in [-0.25, -0.2) is 0 Å². The van der Waals surface area contributed by atoms with Crippen molar-refractivity contribution < 1.29 is 4.79 Å². The first-order valence-corrected chi connectivity index (χ1v) is 7.97. The molecule has 1 unspecified atom stereocenters. The van der Waals surface area contributed by atoms with Gasteiger partial charge in [-0.05, 0) is 44.6 Å². The first-order chi connectivity index (χ1) is 10.0. The third-order valence-corrected chi connectivity index (χ3v) is 4.18. The Morgan fingerprint density at radius 2 is 2.29 bits per heavy atom. The maximum atomic E-state index is 12.0. The molecule has 6 heteroatoms. The van der Waals surface area contributed by atoms with Crippen molar-refractivity contribution in [1.29, 1.82) is 0 Å². The maximum absolute atomic E-state index is 12.0. The number of benzene rings is 1. The molecule has 1 fully saturated rings. The second-order valence-corrected chi connectivity index (χ2v) is 6.32. The van der Waals surface area contributed by atoms with E-state index >= 15 is 0 Å². The molecule has 1 saturated heterocycles. The molecule has 2 rings (SSSR count). The van der Waals surface area contributed by atoms with Gasteiger partial charge >= 0.3 is 0 Å². The number of amides is 1. The second-order valence-electron chi connectivity index (χ2n) is 5.48. The van der Waals surface area contributed by atoms with Crippen LogP contribution in [-0.2, 0) is 4.79 Å². The van der Waals surface area contributed by atoms with Crippen molar-refractivity contribution in [3.05, 3.63) is 28.2 Å². The Kier molecular flexibility index (Phi) is 6.30. The van der Waals surface area contributed by atoms with Crippen molar-refractivity contribution in [2.24, 2.45) is 0 Å². The molecule has 0 aliphatic carbocycles. The minimum Gasteiger partial charge on any atom is -0.325 e. The molecule has 0 saturated carbocycles. The minimum absolute atomic E-state index is 0.0506. The van der Waals surface area contributed by atoms with E-state index in [2.05, 4.69) is 15.5 Å². The van der Waals surface area contributed by atoms with Gasteiger partial charge in [0.15, 0.2) is 0 Å². The van der Waals surface area contributed by atoms with Crippen molar-refractivity contribution in [1.82, 2.24) is 10.2 Å². The number of carbonyl (C=O) groups is 1. The first kappa shape index (κ1) is 16.6. The SMILES string of the molecule is CN(CCC(=O)Nc1cc(Cl)ccc1Cl)CC1CCCN1. The Labute approximate surface area is 135 Å². The van der Waals surface area contributed by atoms with Crippen LogP contribution in [0.5, 0.6) is 0 Å². The maximum Gasteiger partial charge on any atom is 0.225 e. The van der Waals surface area contributed by atoms with E-state index in [1.165, 1.54) is 12.8 Å². The lowest BCUT2D eigenvalue weighted by atomic mass is 10.2. The van der Waals surface area contributed by atoms with Crippen molar-refractivity contribution in [2.45, 2.75) is 25.3 Å². The molecule has 1 aliphatic heterocycles. The summed E-state index contributed by atoms with van der Waals surface area (Å²) in [4.78, 5) is 14.1. The fourth-order valence-corrected chi connectivity index (χ4v) is 2.82. The summed E-state index contributed by atoms with van der Waals surface area (Å²) in [6, 6.07) is 5.59. The third kappa shape index (κ3) is 5.47. The normalized spacial score (nSPS) is 18.2. The number of halogens is 2. The lowest BCUT2D eigenvalue weighted by molar-refractivity contribution is -0.116. The molecule has 1 aromatic rings. The van der Waals surface area contributed by atoms with Crippen LogP contribution in [0.1, 0.15) is 19.3 Å². The molecule has 1 aromatic carbocycles. The van der Waals surface area contributed by atoms with E-state index in [9.17, 15) is 4.79 Å². The second kappa shape index (κ2) is 7.99. The van der Waals surface area contributed by atoms with E-state index in [1.54, 1.807) is 18.2 Å². The van der Waals surface area contributed by atoms with Gasteiger partial charge in [0.2, 0.25) is 5.91 Å². The van der Waals surface area contributed by atoms with Crippen LogP contribution in [0.4, 0.5) is 5.69 Å². The van der Waals surface area contributed by atoms with Crippen LogP contribution in [0, 0.1) is 0 Å². The number of nitrogens with zero attached hydrogens (tertiary/aromatic N) is 1. The van der Waals surface area contributed by atoms with Gasteiger partial charge in [-0.1, -0.05) is 23.2 Å². The highest BCUT2D eigenvalue weighted by Gasteiger charge is 2.16. The fraction of sp³-hybridized carbons (Fsp3) is 0.533. The standard InChI is InChI=1S/C15H21Cl2N3O/c1-20(10-12-3-2-7-18-12)8-6-15(21)19-14-9-11(16)4-5-13(14)17/h4-5,9,12,18H,2-3,6-8,10H2,1H3,(H,19,21). The smallest absolute Gasteiger partial charge is 0.225 e. The number of hydrogen-bond acceptors (Lipinski definition) is 3. The quantitative estimate of drug-likeness (QED) is 0.843. The number of hydrogen-bond donors (Lipinski definition) is 2. The van der Waals surface area contributed by atoms with Gasteiger partial charge in [0.05, 0.1) is 10.7 Å². The lowest BCUT2D eigenvalue weighted by Gasteiger charge is -2.20. The predicted molar refractivity (Wildman–Crippen MR) is 88.2 cm³/mol. The average molecular weight is 330 g/mol. The molecule has 21 heavy (non-hydrogen) atoms. The van der Waals surface area contributed by atoms with Crippen LogP contribution in [0.25, 0.3) is 0 Å². The number of rotatable bonds is 6. The Hall–Kier alpha value is -0.810. The molecular weight excluding hydrogens is 309 g/mol. The summed E-state index contributed by atoms with van der Waals surface area (Å²) in [7, 11) is 2.04. The van der Waals surface area contributed by atoms with E-state index in [-0.39, 0.29) is 5.91 Å². The largest absolute Gasteiger partial charge is 0.325 e. The lowest BCUT2D eigenvalue weighted by Crippen LogP contribution is -2.36. The first-order valence-electron chi connectivity index (χ1n) is 7.21. The number of likely N-dealkylation sites (N-methyl/N-ethyl adjacent to an activating group) is 1. The number of anilines is 1. The van der Waals surface area contributed by atoms with Crippen molar-refractivity contribution >= 4 is 34.8 Å². The van der Waals surface area contributed by atoms with Gasteiger partial charge < -0.3 is 15.5 Å². The highest BCUT2D eigenvalue weighted by atomic mass is 35.5. The zero-order valence-electron chi connectivity index (χ0n) is 12.2. The average Bonchev–Trinajstić information content (AvgIpc) is 2.93. The van der Waals surface area contributed by atoms with E-state index in [1.807, 2.05) is 7.05 Å². The third-order valence-electron chi connectivity index (χ3n) is 3.62. The Morgan fingerprint density at radius 3 is 3.00 bits per heavy atom. The van der Waals surface area contributed by atoms with Crippen LogP contribution >= 0.6 is 23.2 Å². The molecule has 0 radical (unpaired) electrons.